The standard InChI is InChI=1S/C33H39Cl3N2O4/c1-38(2,3)30(21-24-13-9-8-10-14-24)32(39)37-19-11-6-4-5-7-12-20-41-26-15-17-27(18-16-26)42-33(40)28-22-25(34)23-29(35)31(28)36/h8-10,13-18,22-23,30H,4-7,11-12,19-21H2,1-3H3/p+1. The molecule has 3 aromatic carbocycles. The molecule has 0 aliphatic rings. The zero-order valence-corrected chi connectivity index (χ0v) is 26.8. The van der Waals surface area contributed by atoms with E-state index in [1.54, 1.807) is 24.3 Å². The number of benzene rings is 3. The molecule has 0 fully saturated rings. The number of hydrogen-bond acceptors (Lipinski definition) is 4. The van der Waals surface area contributed by atoms with Gasteiger partial charge in [-0.1, -0.05) is 90.8 Å². The van der Waals surface area contributed by atoms with Gasteiger partial charge in [0, 0.05) is 18.0 Å². The zero-order valence-electron chi connectivity index (χ0n) is 24.5. The van der Waals surface area contributed by atoms with Crippen LogP contribution >= 0.6 is 34.8 Å². The van der Waals surface area contributed by atoms with E-state index in [1.165, 1.54) is 17.7 Å². The summed E-state index contributed by atoms with van der Waals surface area (Å²) in [5.74, 6) is 0.538. The lowest BCUT2D eigenvalue weighted by Crippen LogP contribution is -2.55. The Labute approximate surface area is 264 Å². The maximum Gasteiger partial charge on any atom is 0.345 e. The van der Waals surface area contributed by atoms with Crippen LogP contribution in [0, 0.1) is 0 Å². The molecule has 0 aromatic heterocycles. The smallest absolute Gasteiger partial charge is 0.345 e. The van der Waals surface area contributed by atoms with Gasteiger partial charge in [0.25, 0.3) is 5.91 Å². The molecule has 0 saturated carbocycles. The minimum Gasteiger partial charge on any atom is -0.494 e. The van der Waals surface area contributed by atoms with Crippen molar-refractivity contribution in [1.29, 1.82) is 0 Å². The summed E-state index contributed by atoms with van der Waals surface area (Å²) in [5.41, 5.74) is 1.28. The predicted molar refractivity (Wildman–Crippen MR) is 171 cm³/mol. The van der Waals surface area contributed by atoms with Crippen LogP contribution in [0.2, 0.25) is 15.1 Å². The first kappa shape index (κ1) is 33.7. The van der Waals surface area contributed by atoms with Crippen molar-refractivity contribution < 1.29 is 23.5 Å². The first-order valence-corrected chi connectivity index (χ1v) is 15.4. The van der Waals surface area contributed by atoms with Gasteiger partial charge in [0.1, 0.15) is 11.5 Å². The fraction of sp³-hybridized carbons (Fsp3) is 0.394. The number of hydrogen-bond donors (Lipinski definition) is 1. The van der Waals surface area contributed by atoms with E-state index < -0.39 is 5.97 Å². The summed E-state index contributed by atoms with van der Waals surface area (Å²) in [4.78, 5) is 25.4. The maximum absolute atomic E-state index is 12.9. The van der Waals surface area contributed by atoms with Crippen LogP contribution in [-0.2, 0) is 11.2 Å². The van der Waals surface area contributed by atoms with Gasteiger partial charge in [-0.15, -0.1) is 0 Å². The van der Waals surface area contributed by atoms with E-state index in [9.17, 15) is 9.59 Å². The molecule has 0 bridgehead atoms. The molecule has 226 valence electrons. The van der Waals surface area contributed by atoms with Gasteiger partial charge < -0.3 is 19.3 Å². The molecule has 1 N–H and O–H groups in total. The minimum atomic E-state index is -0.642. The molecular formula is C33H40Cl3N2O4+. The molecule has 3 aromatic rings. The number of carbonyl (C=O) groups is 2. The minimum absolute atomic E-state index is 0.0981. The fourth-order valence-corrected chi connectivity index (χ4v) is 5.16. The Hall–Kier alpha value is -2.77. The Bertz CT molecular complexity index is 1300. The van der Waals surface area contributed by atoms with Gasteiger partial charge >= 0.3 is 5.97 Å². The lowest BCUT2D eigenvalue weighted by atomic mass is 10.0. The molecular weight excluding hydrogens is 595 g/mol. The van der Waals surface area contributed by atoms with Crippen molar-refractivity contribution in [3.05, 3.63) is 92.9 Å². The molecule has 0 aliphatic heterocycles. The lowest BCUT2D eigenvalue weighted by Gasteiger charge is -2.33. The highest BCUT2D eigenvalue weighted by Crippen LogP contribution is 2.31. The summed E-state index contributed by atoms with van der Waals surface area (Å²) in [6, 6.07) is 19.8. The van der Waals surface area contributed by atoms with Crippen molar-refractivity contribution in [2.24, 2.45) is 0 Å². The topological polar surface area (TPSA) is 64.6 Å². The molecule has 0 spiro atoms. The van der Waals surface area contributed by atoms with E-state index in [0.717, 1.165) is 44.9 Å². The van der Waals surface area contributed by atoms with Gasteiger partial charge in [-0.25, -0.2) is 4.79 Å². The van der Waals surface area contributed by atoms with Crippen LogP contribution in [-0.4, -0.2) is 56.7 Å². The Morgan fingerprint density at radius 3 is 2.10 bits per heavy atom. The fourth-order valence-electron chi connectivity index (χ4n) is 4.48. The lowest BCUT2D eigenvalue weighted by molar-refractivity contribution is -0.886. The van der Waals surface area contributed by atoms with Gasteiger partial charge in [-0.3, -0.25) is 4.79 Å². The number of ether oxygens (including phenoxy) is 2. The second-order valence-electron chi connectivity index (χ2n) is 11.2. The first-order chi connectivity index (χ1) is 20.0. The summed E-state index contributed by atoms with van der Waals surface area (Å²) >= 11 is 18.1. The van der Waals surface area contributed by atoms with Crippen molar-refractivity contribution in [1.82, 2.24) is 5.32 Å². The predicted octanol–water partition coefficient (Wildman–Crippen LogP) is 8.02. The third-order valence-corrected chi connectivity index (χ3v) is 7.92. The van der Waals surface area contributed by atoms with E-state index in [0.29, 0.717) is 34.2 Å². The second kappa shape index (κ2) is 16.8. The van der Waals surface area contributed by atoms with Crippen molar-refractivity contribution in [2.45, 2.75) is 51.0 Å². The Balaban J connectivity index is 1.26. The Morgan fingerprint density at radius 2 is 1.43 bits per heavy atom. The molecule has 0 heterocycles. The monoisotopic (exact) mass is 633 g/mol. The van der Waals surface area contributed by atoms with Gasteiger partial charge in [0.05, 0.1) is 43.4 Å². The normalized spacial score (nSPS) is 12.0. The molecule has 9 heteroatoms. The van der Waals surface area contributed by atoms with Crippen LogP contribution in [0.15, 0.2) is 66.7 Å². The van der Waals surface area contributed by atoms with E-state index in [4.69, 9.17) is 44.3 Å². The molecule has 0 saturated heterocycles. The summed E-state index contributed by atoms with van der Waals surface area (Å²) in [7, 11) is 6.21. The average molecular weight is 635 g/mol. The summed E-state index contributed by atoms with van der Waals surface area (Å²) in [5, 5.41) is 3.73. The summed E-state index contributed by atoms with van der Waals surface area (Å²) in [6.45, 7) is 1.32. The summed E-state index contributed by atoms with van der Waals surface area (Å²) in [6.07, 6.45) is 7.06. The first-order valence-electron chi connectivity index (χ1n) is 14.3. The SMILES string of the molecule is C[N+](C)(C)C(Cc1ccccc1)C(=O)NCCCCCCCCOc1ccc(OC(=O)c2cc(Cl)cc(Cl)c2Cl)cc1. The highest BCUT2D eigenvalue weighted by atomic mass is 35.5. The Kier molecular flexibility index (Phi) is 13.5. The number of esters is 1. The van der Waals surface area contributed by atoms with E-state index in [-0.39, 0.29) is 27.6 Å². The van der Waals surface area contributed by atoms with Crippen molar-refractivity contribution in [3.63, 3.8) is 0 Å². The maximum atomic E-state index is 12.9. The number of unbranched alkanes of at least 4 members (excludes halogenated alkanes) is 5. The number of carbonyl (C=O) groups excluding carboxylic acids is 2. The molecule has 3 rings (SSSR count). The van der Waals surface area contributed by atoms with Crippen LogP contribution < -0.4 is 14.8 Å². The zero-order chi connectivity index (χ0) is 30.5. The number of nitrogens with zero attached hydrogens (tertiary/aromatic N) is 1. The third-order valence-electron chi connectivity index (χ3n) is 6.90. The summed E-state index contributed by atoms with van der Waals surface area (Å²) < 4.78 is 11.8. The number of quaternary nitrogens is 1. The number of amides is 1. The molecule has 6 nitrogen and oxygen atoms in total. The highest BCUT2D eigenvalue weighted by Gasteiger charge is 2.31. The molecule has 0 aliphatic carbocycles. The van der Waals surface area contributed by atoms with Crippen LogP contribution in [0.4, 0.5) is 0 Å². The number of halogens is 3. The van der Waals surface area contributed by atoms with Crippen LogP contribution in [0.1, 0.15) is 54.4 Å². The largest absolute Gasteiger partial charge is 0.494 e. The van der Waals surface area contributed by atoms with Gasteiger partial charge in [0.15, 0.2) is 6.04 Å². The number of rotatable bonds is 16. The van der Waals surface area contributed by atoms with E-state index in [2.05, 4.69) is 38.6 Å². The van der Waals surface area contributed by atoms with Crippen molar-refractivity contribution in [2.75, 3.05) is 34.3 Å². The van der Waals surface area contributed by atoms with Gasteiger partial charge in [-0.2, -0.15) is 0 Å². The van der Waals surface area contributed by atoms with Crippen LogP contribution in [0.5, 0.6) is 11.5 Å². The van der Waals surface area contributed by atoms with Crippen molar-refractivity contribution >= 4 is 46.7 Å². The average Bonchev–Trinajstić information content (AvgIpc) is 2.95. The highest BCUT2D eigenvalue weighted by molar-refractivity contribution is 6.45. The molecule has 1 amide bonds. The Morgan fingerprint density at radius 1 is 0.810 bits per heavy atom. The molecule has 0 radical (unpaired) electrons. The van der Waals surface area contributed by atoms with Gasteiger partial charge in [0.2, 0.25) is 0 Å². The van der Waals surface area contributed by atoms with Crippen LogP contribution in [0.25, 0.3) is 0 Å². The number of nitrogens with one attached hydrogen (secondary N) is 1. The molecule has 42 heavy (non-hydrogen) atoms. The quantitative estimate of drug-likeness (QED) is 0.0570. The molecule has 1 unspecified atom stereocenters. The van der Waals surface area contributed by atoms with Gasteiger partial charge in [-0.05, 0) is 54.8 Å². The van der Waals surface area contributed by atoms with Crippen LogP contribution in [0.3, 0.4) is 0 Å². The molecule has 1 atom stereocenters. The second-order valence-corrected chi connectivity index (χ2v) is 12.4. The van der Waals surface area contributed by atoms with E-state index in [1.807, 2.05) is 18.2 Å². The van der Waals surface area contributed by atoms with E-state index >= 15 is 0 Å². The third kappa shape index (κ3) is 11.1. The van der Waals surface area contributed by atoms with Crippen molar-refractivity contribution in [3.8, 4) is 11.5 Å². The number of likely N-dealkylation sites (N-methyl/N-ethyl adjacent to an activating group) is 1.